The molecule has 186 valence electrons. The Morgan fingerprint density at radius 3 is 2.57 bits per heavy atom. The van der Waals surface area contributed by atoms with Crippen LogP contribution in [0.25, 0.3) is 0 Å². The fourth-order valence-electron chi connectivity index (χ4n) is 7.07. The van der Waals surface area contributed by atoms with E-state index >= 15 is 0 Å². The van der Waals surface area contributed by atoms with Gasteiger partial charge in [0.15, 0.2) is 0 Å². The van der Waals surface area contributed by atoms with E-state index in [1.807, 2.05) is 6.20 Å². The number of benzene rings is 1. The Morgan fingerprint density at radius 2 is 1.80 bits per heavy atom. The van der Waals surface area contributed by atoms with Gasteiger partial charge in [0.2, 0.25) is 0 Å². The van der Waals surface area contributed by atoms with Crippen LogP contribution < -0.4 is 16.2 Å². The molecule has 4 fully saturated rings. The van der Waals surface area contributed by atoms with Crippen molar-refractivity contribution in [3.63, 3.8) is 0 Å². The number of rotatable bonds is 4. The number of carbonyl (C=O) groups is 1. The molecule has 1 aromatic carbocycles. The van der Waals surface area contributed by atoms with Crippen LogP contribution in [0, 0.1) is 18.8 Å². The smallest absolute Gasteiger partial charge is 0.317 e. The van der Waals surface area contributed by atoms with E-state index in [4.69, 9.17) is 0 Å². The molecule has 2 amide bonds. The first kappa shape index (κ1) is 23.0. The van der Waals surface area contributed by atoms with E-state index in [2.05, 4.69) is 94.2 Å². The van der Waals surface area contributed by atoms with Crippen molar-refractivity contribution in [1.29, 1.82) is 0 Å². The van der Waals surface area contributed by atoms with Crippen LogP contribution >= 0.6 is 0 Å². The SMILES string of the molecule is Cc1cc(C2NNC3CC4NC(=O)N([C@@H]5CN(C(C)C)C[C@H]5c5ccccc5)CC4CC32)ccn1. The second-order valence-corrected chi connectivity index (χ2v) is 11.3. The monoisotopic (exact) mass is 474 g/mol. The molecule has 7 atom stereocenters. The van der Waals surface area contributed by atoms with E-state index in [1.54, 1.807) is 0 Å². The van der Waals surface area contributed by atoms with E-state index in [-0.39, 0.29) is 24.2 Å². The molecular formula is C28H38N6O. The molecule has 0 radical (unpaired) electrons. The summed E-state index contributed by atoms with van der Waals surface area (Å²) >= 11 is 0. The minimum absolute atomic E-state index is 0.119. The van der Waals surface area contributed by atoms with Gasteiger partial charge in [-0.05, 0) is 68.7 Å². The molecular weight excluding hydrogens is 436 g/mol. The number of amides is 2. The van der Waals surface area contributed by atoms with Crippen LogP contribution in [0.15, 0.2) is 48.7 Å². The van der Waals surface area contributed by atoms with Crippen molar-refractivity contribution >= 4 is 6.03 Å². The molecule has 6 rings (SSSR count). The number of aryl methyl sites for hydroxylation is 1. The van der Waals surface area contributed by atoms with Gasteiger partial charge in [-0.1, -0.05) is 30.3 Å². The Balaban J connectivity index is 1.23. The summed E-state index contributed by atoms with van der Waals surface area (Å²) in [6.07, 6.45) is 4.00. The normalized spacial score (nSPS) is 35.1. The van der Waals surface area contributed by atoms with E-state index in [0.29, 0.717) is 29.8 Å². The average molecular weight is 475 g/mol. The first-order chi connectivity index (χ1) is 17.0. The molecule has 1 aromatic heterocycles. The molecule has 2 aromatic rings. The lowest BCUT2D eigenvalue weighted by molar-refractivity contribution is 0.0778. The number of fused-ring (bicyclic) bond motifs is 2. The number of nitrogens with zero attached hydrogens (tertiary/aromatic N) is 3. The number of nitrogens with one attached hydrogen (secondary N) is 3. The molecule has 7 heteroatoms. The van der Waals surface area contributed by atoms with Gasteiger partial charge in [-0.2, -0.15) is 0 Å². The predicted octanol–water partition coefficient (Wildman–Crippen LogP) is 3.20. The van der Waals surface area contributed by atoms with Gasteiger partial charge in [0.25, 0.3) is 0 Å². The zero-order chi connectivity index (χ0) is 24.1. The molecule has 35 heavy (non-hydrogen) atoms. The summed E-state index contributed by atoms with van der Waals surface area (Å²) in [5, 5.41) is 3.43. The molecule has 4 heterocycles. The van der Waals surface area contributed by atoms with Gasteiger partial charge in [0.05, 0.1) is 12.1 Å². The first-order valence-corrected chi connectivity index (χ1v) is 13.3. The Bertz CT molecular complexity index is 1060. The second-order valence-electron chi connectivity index (χ2n) is 11.3. The van der Waals surface area contributed by atoms with Crippen LogP contribution in [0.2, 0.25) is 0 Å². The number of aromatic nitrogens is 1. The summed E-state index contributed by atoms with van der Waals surface area (Å²) < 4.78 is 0. The van der Waals surface area contributed by atoms with Gasteiger partial charge in [-0.25, -0.2) is 10.2 Å². The Morgan fingerprint density at radius 1 is 0.971 bits per heavy atom. The van der Waals surface area contributed by atoms with E-state index in [0.717, 1.165) is 38.2 Å². The molecule has 4 aliphatic rings. The third-order valence-corrected chi connectivity index (χ3v) is 8.98. The number of hydrogen-bond acceptors (Lipinski definition) is 5. The van der Waals surface area contributed by atoms with Crippen molar-refractivity contribution in [2.24, 2.45) is 11.8 Å². The molecule has 3 aliphatic heterocycles. The minimum Gasteiger partial charge on any atom is -0.335 e. The highest BCUT2D eigenvalue weighted by atomic mass is 16.2. The quantitative estimate of drug-likeness (QED) is 0.635. The highest BCUT2D eigenvalue weighted by Crippen LogP contribution is 2.43. The third kappa shape index (κ3) is 4.24. The summed E-state index contributed by atoms with van der Waals surface area (Å²) in [6, 6.07) is 16.8. The van der Waals surface area contributed by atoms with Crippen molar-refractivity contribution in [2.75, 3.05) is 19.6 Å². The molecule has 7 nitrogen and oxygen atoms in total. The Hall–Kier alpha value is -2.48. The number of carbonyl (C=O) groups excluding carboxylic acids is 1. The van der Waals surface area contributed by atoms with Crippen LogP contribution in [0.3, 0.4) is 0 Å². The number of urea groups is 1. The van der Waals surface area contributed by atoms with Crippen LogP contribution in [0.5, 0.6) is 0 Å². The highest BCUT2D eigenvalue weighted by molar-refractivity contribution is 5.76. The second kappa shape index (κ2) is 9.19. The van der Waals surface area contributed by atoms with Crippen LogP contribution in [0.1, 0.15) is 55.5 Å². The lowest BCUT2D eigenvalue weighted by Crippen LogP contribution is -2.63. The van der Waals surface area contributed by atoms with Crippen molar-refractivity contribution in [2.45, 2.75) is 69.7 Å². The molecule has 3 N–H and O–H groups in total. The molecule has 0 spiro atoms. The highest BCUT2D eigenvalue weighted by Gasteiger charge is 2.50. The zero-order valence-electron chi connectivity index (χ0n) is 21.0. The average Bonchev–Trinajstić information content (AvgIpc) is 3.47. The first-order valence-electron chi connectivity index (χ1n) is 13.3. The summed E-state index contributed by atoms with van der Waals surface area (Å²) in [5.74, 6) is 1.32. The lowest BCUT2D eigenvalue weighted by atomic mass is 9.71. The summed E-state index contributed by atoms with van der Waals surface area (Å²) in [6.45, 7) is 9.38. The van der Waals surface area contributed by atoms with Crippen LogP contribution in [0.4, 0.5) is 4.79 Å². The van der Waals surface area contributed by atoms with Crippen molar-refractivity contribution in [3.8, 4) is 0 Å². The lowest BCUT2D eigenvalue weighted by Gasteiger charge is -2.48. The molecule has 3 saturated heterocycles. The molecule has 5 unspecified atom stereocenters. The number of likely N-dealkylation sites (tertiary alicyclic amines) is 1. The topological polar surface area (TPSA) is 72.5 Å². The standard InChI is InChI=1S/C28H38N6O/c1-17(2)33-15-23(19-7-5-4-6-8-19)26(16-33)34-14-21-12-22-25(13-24(21)30-28(34)35)31-32-27(22)20-9-10-29-18(3)11-20/h4-11,17,21-27,31-32H,12-16H2,1-3H3,(H,30,35)/t21?,22?,23-,24?,25?,26+,27?/m0/s1. The maximum absolute atomic E-state index is 13.5. The Labute approximate surface area is 208 Å². The van der Waals surface area contributed by atoms with Gasteiger partial charge in [0, 0.05) is 55.6 Å². The van der Waals surface area contributed by atoms with Crippen LogP contribution in [-0.2, 0) is 0 Å². The largest absolute Gasteiger partial charge is 0.335 e. The minimum atomic E-state index is 0.119. The molecule has 1 saturated carbocycles. The summed E-state index contributed by atoms with van der Waals surface area (Å²) in [5.41, 5.74) is 10.8. The van der Waals surface area contributed by atoms with E-state index in [9.17, 15) is 4.79 Å². The summed E-state index contributed by atoms with van der Waals surface area (Å²) in [4.78, 5) is 22.6. The Kier molecular flexibility index (Phi) is 6.03. The van der Waals surface area contributed by atoms with Crippen LogP contribution in [-0.4, -0.2) is 64.6 Å². The van der Waals surface area contributed by atoms with Gasteiger partial charge in [-0.3, -0.25) is 15.3 Å². The number of hydrogen-bond donors (Lipinski definition) is 3. The molecule has 0 bridgehead atoms. The third-order valence-electron chi connectivity index (χ3n) is 8.98. The van der Waals surface area contributed by atoms with E-state index in [1.165, 1.54) is 11.1 Å². The predicted molar refractivity (Wildman–Crippen MR) is 137 cm³/mol. The maximum atomic E-state index is 13.5. The fourth-order valence-corrected chi connectivity index (χ4v) is 7.07. The maximum Gasteiger partial charge on any atom is 0.317 e. The van der Waals surface area contributed by atoms with Crippen molar-refractivity contribution in [3.05, 3.63) is 65.5 Å². The zero-order valence-corrected chi connectivity index (χ0v) is 21.0. The van der Waals surface area contributed by atoms with Crippen molar-refractivity contribution < 1.29 is 4.79 Å². The number of pyridine rings is 1. The van der Waals surface area contributed by atoms with Gasteiger partial charge >= 0.3 is 6.03 Å². The molecule has 1 aliphatic carbocycles. The van der Waals surface area contributed by atoms with Crippen molar-refractivity contribution in [1.82, 2.24) is 31.0 Å². The van der Waals surface area contributed by atoms with Gasteiger partial charge in [-0.15, -0.1) is 0 Å². The van der Waals surface area contributed by atoms with Gasteiger partial charge < -0.3 is 10.2 Å². The fraction of sp³-hybridized carbons (Fsp3) is 0.571. The van der Waals surface area contributed by atoms with E-state index < -0.39 is 0 Å². The summed E-state index contributed by atoms with van der Waals surface area (Å²) in [7, 11) is 0. The number of hydrazine groups is 1. The van der Waals surface area contributed by atoms with Gasteiger partial charge in [0.1, 0.15) is 0 Å².